The summed E-state index contributed by atoms with van der Waals surface area (Å²) >= 11 is 0. The summed E-state index contributed by atoms with van der Waals surface area (Å²) in [5, 5.41) is 0. The molecule has 6 nitrogen and oxygen atoms in total. The highest BCUT2D eigenvalue weighted by Gasteiger charge is 2.19. The van der Waals surface area contributed by atoms with E-state index in [0.717, 1.165) is 83.5 Å². The van der Waals surface area contributed by atoms with Gasteiger partial charge in [-0.05, 0) is 89.9 Å². The predicted molar refractivity (Wildman–Crippen MR) is 353 cm³/mol. The van der Waals surface area contributed by atoms with Crippen LogP contribution in [0.25, 0.3) is 0 Å². The molecule has 6 heteroatoms. The van der Waals surface area contributed by atoms with Gasteiger partial charge in [-0.25, -0.2) is 0 Å². The standard InChI is InChI=1S/C75H136O6/c1-4-7-10-13-16-19-22-25-28-30-31-32-33-34-35-36-37-38-39-40-41-42-43-45-47-50-53-56-59-62-65-68-74(77)80-71-72(70-79-73(76)67-64-61-58-55-52-49-46-27-24-21-18-15-12-9-6-3)81-75(78)69-66-63-60-57-54-51-48-44-29-26-23-20-17-14-11-8-5-2/h17,20,22,25-26,29-31,33-34,72H,4-16,18-19,21,23-24,27-28,32,35-71H2,1-3H3/b20-17-,25-22-,29-26-,31-30-,34-33-. The van der Waals surface area contributed by atoms with Gasteiger partial charge in [0.15, 0.2) is 6.10 Å². The van der Waals surface area contributed by atoms with Gasteiger partial charge >= 0.3 is 17.9 Å². The molecule has 1 atom stereocenters. The molecule has 0 bridgehead atoms. The SMILES string of the molecule is CCCCC/C=C\C/C=C\CCCCCCCCCC(=O)OC(COC(=O)CCCCCCCCCCCCCCCCC)COC(=O)CCCCCCCCCCCCCCCCCC/C=C\C/C=C\C/C=C\CCCCCCC. The van der Waals surface area contributed by atoms with Gasteiger partial charge in [-0.3, -0.25) is 14.4 Å². The minimum atomic E-state index is -0.777. The second-order valence-electron chi connectivity index (χ2n) is 24.1. The van der Waals surface area contributed by atoms with Crippen LogP contribution in [0.5, 0.6) is 0 Å². The van der Waals surface area contributed by atoms with E-state index in [-0.39, 0.29) is 31.1 Å². The Labute approximate surface area is 504 Å². The summed E-state index contributed by atoms with van der Waals surface area (Å²) in [6, 6.07) is 0. The number of rotatable bonds is 66. The van der Waals surface area contributed by atoms with Gasteiger partial charge in [0.05, 0.1) is 0 Å². The third-order valence-electron chi connectivity index (χ3n) is 16.0. The molecule has 472 valence electrons. The van der Waals surface area contributed by atoms with E-state index in [1.807, 2.05) is 0 Å². The van der Waals surface area contributed by atoms with Crippen LogP contribution >= 0.6 is 0 Å². The third-order valence-corrected chi connectivity index (χ3v) is 16.0. The van der Waals surface area contributed by atoms with Gasteiger partial charge in [0.2, 0.25) is 0 Å². The highest BCUT2D eigenvalue weighted by molar-refractivity contribution is 5.71. The monoisotopic (exact) mass is 1130 g/mol. The van der Waals surface area contributed by atoms with Crippen LogP contribution < -0.4 is 0 Å². The van der Waals surface area contributed by atoms with Crippen LogP contribution in [0, 0.1) is 0 Å². The number of hydrogen-bond acceptors (Lipinski definition) is 6. The topological polar surface area (TPSA) is 78.9 Å². The lowest BCUT2D eigenvalue weighted by molar-refractivity contribution is -0.167. The zero-order chi connectivity index (χ0) is 58.5. The van der Waals surface area contributed by atoms with Gasteiger partial charge in [-0.15, -0.1) is 0 Å². The van der Waals surface area contributed by atoms with E-state index < -0.39 is 6.10 Å². The molecule has 0 spiro atoms. The van der Waals surface area contributed by atoms with Crippen molar-refractivity contribution in [3.63, 3.8) is 0 Å². The molecule has 0 aliphatic carbocycles. The summed E-state index contributed by atoms with van der Waals surface area (Å²) in [6.45, 7) is 6.66. The van der Waals surface area contributed by atoms with Crippen molar-refractivity contribution in [3.05, 3.63) is 60.8 Å². The largest absolute Gasteiger partial charge is 0.462 e. The number of ether oxygens (including phenoxy) is 3. The number of carbonyl (C=O) groups is 3. The molecule has 0 fully saturated rings. The zero-order valence-electron chi connectivity index (χ0n) is 54.3. The van der Waals surface area contributed by atoms with Crippen molar-refractivity contribution in [1.82, 2.24) is 0 Å². The van der Waals surface area contributed by atoms with Crippen LogP contribution in [-0.4, -0.2) is 37.2 Å². The van der Waals surface area contributed by atoms with Crippen molar-refractivity contribution >= 4 is 17.9 Å². The van der Waals surface area contributed by atoms with Gasteiger partial charge in [0.1, 0.15) is 13.2 Å². The van der Waals surface area contributed by atoms with E-state index in [9.17, 15) is 14.4 Å². The van der Waals surface area contributed by atoms with Crippen molar-refractivity contribution in [1.29, 1.82) is 0 Å². The Balaban J connectivity index is 4.21. The maximum Gasteiger partial charge on any atom is 0.306 e. The summed E-state index contributed by atoms with van der Waals surface area (Å²) in [5.74, 6) is -0.856. The Morgan fingerprint density at radius 2 is 0.444 bits per heavy atom. The summed E-state index contributed by atoms with van der Waals surface area (Å²) in [6.07, 6.45) is 89.6. The van der Waals surface area contributed by atoms with Crippen LogP contribution in [-0.2, 0) is 28.6 Å². The van der Waals surface area contributed by atoms with E-state index in [1.165, 1.54) is 257 Å². The smallest absolute Gasteiger partial charge is 0.306 e. The van der Waals surface area contributed by atoms with E-state index >= 15 is 0 Å². The Kier molecular flexibility index (Phi) is 67.1. The molecular weight excluding hydrogens is 997 g/mol. The van der Waals surface area contributed by atoms with Gasteiger partial charge in [0, 0.05) is 19.3 Å². The van der Waals surface area contributed by atoms with Gasteiger partial charge in [-0.1, -0.05) is 332 Å². The Morgan fingerprint density at radius 3 is 0.716 bits per heavy atom. The van der Waals surface area contributed by atoms with E-state index in [0.29, 0.717) is 19.3 Å². The van der Waals surface area contributed by atoms with Gasteiger partial charge in [-0.2, -0.15) is 0 Å². The fourth-order valence-electron chi connectivity index (χ4n) is 10.6. The first-order chi connectivity index (χ1) is 40.0. The highest BCUT2D eigenvalue weighted by Crippen LogP contribution is 2.18. The quantitative estimate of drug-likeness (QED) is 0.0261. The molecule has 0 saturated carbocycles. The lowest BCUT2D eigenvalue weighted by atomic mass is 10.0. The minimum Gasteiger partial charge on any atom is -0.462 e. The molecule has 0 amide bonds. The second kappa shape index (κ2) is 69.6. The maximum atomic E-state index is 12.9. The molecule has 0 saturated heterocycles. The number of allylic oxidation sites excluding steroid dienone is 10. The molecular formula is C75H136O6. The third kappa shape index (κ3) is 67.8. The van der Waals surface area contributed by atoms with E-state index in [4.69, 9.17) is 14.2 Å². The lowest BCUT2D eigenvalue weighted by Crippen LogP contribution is -2.30. The van der Waals surface area contributed by atoms with Crippen molar-refractivity contribution in [3.8, 4) is 0 Å². The molecule has 0 aromatic carbocycles. The summed E-state index contributed by atoms with van der Waals surface area (Å²) < 4.78 is 17.0. The molecule has 0 aliphatic rings. The Hall–Kier alpha value is -2.89. The first kappa shape index (κ1) is 78.1. The van der Waals surface area contributed by atoms with Crippen LogP contribution in [0.3, 0.4) is 0 Å². The molecule has 81 heavy (non-hydrogen) atoms. The fraction of sp³-hybridized carbons (Fsp3) is 0.827. The van der Waals surface area contributed by atoms with Crippen LogP contribution in [0.1, 0.15) is 380 Å². The zero-order valence-corrected chi connectivity index (χ0v) is 54.3. The van der Waals surface area contributed by atoms with Crippen LogP contribution in [0.15, 0.2) is 60.8 Å². The average Bonchev–Trinajstić information content (AvgIpc) is 3.47. The molecule has 0 aromatic heterocycles. The van der Waals surface area contributed by atoms with Crippen LogP contribution in [0.4, 0.5) is 0 Å². The number of carbonyl (C=O) groups excluding carboxylic acids is 3. The molecule has 0 rings (SSSR count). The van der Waals surface area contributed by atoms with Crippen molar-refractivity contribution in [2.75, 3.05) is 13.2 Å². The average molecular weight is 1130 g/mol. The second-order valence-corrected chi connectivity index (χ2v) is 24.1. The molecule has 0 N–H and O–H groups in total. The first-order valence-electron chi connectivity index (χ1n) is 35.8. The normalized spacial score (nSPS) is 12.4. The van der Waals surface area contributed by atoms with Gasteiger partial charge in [0.25, 0.3) is 0 Å². The fourth-order valence-corrected chi connectivity index (χ4v) is 10.6. The summed E-state index contributed by atoms with van der Waals surface area (Å²) in [5.41, 5.74) is 0. The number of hydrogen-bond donors (Lipinski definition) is 0. The van der Waals surface area contributed by atoms with E-state index in [1.54, 1.807) is 0 Å². The number of esters is 3. The van der Waals surface area contributed by atoms with Crippen molar-refractivity contribution in [2.24, 2.45) is 0 Å². The van der Waals surface area contributed by atoms with Crippen molar-refractivity contribution < 1.29 is 28.6 Å². The van der Waals surface area contributed by atoms with Gasteiger partial charge < -0.3 is 14.2 Å². The minimum absolute atomic E-state index is 0.0723. The summed E-state index contributed by atoms with van der Waals surface area (Å²) in [7, 11) is 0. The van der Waals surface area contributed by atoms with E-state index in [2.05, 4.69) is 81.5 Å². The summed E-state index contributed by atoms with van der Waals surface area (Å²) in [4.78, 5) is 38.4. The molecule has 1 unspecified atom stereocenters. The molecule has 0 radical (unpaired) electrons. The van der Waals surface area contributed by atoms with Crippen molar-refractivity contribution in [2.45, 2.75) is 386 Å². The molecule has 0 heterocycles. The maximum absolute atomic E-state index is 12.9. The Bertz CT molecular complexity index is 1440. The lowest BCUT2D eigenvalue weighted by Gasteiger charge is -2.18. The predicted octanol–water partition coefficient (Wildman–Crippen LogP) is 24.7. The van der Waals surface area contributed by atoms with Crippen LogP contribution in [0.2, 0.25) is 0 Å². The Morgan fingerprint density at radius 1 is 0.247 bits per heavy atom. The highest BCUT2D eigenvalue weighted by atomic mass is 16.6. The first-order valence-corrected chi connectivity index (χ1v) is 35.8. The molecule has 0 aliphatic heterocycles. The number of unbranched alkanes of at least 4 members (excludes halogenated alkanes) is 45. The molecule has 0 aromatic rings.